The molecule has 0 amide bonds. The predicted molar refractivity (Wildman–Crippen MR) is 69.0 cm³/mol. The van der Waals surface area contributed by atoms with Gasteiger partial charge in [0, 0.05) is 0 Å². The summed E-state index contributed by atoms with van der Waals surface area (Å²) >= 11 is 1.14. The highest BCUT2D eigenvalue weighted by Crippen LogP contribution is 2.40. The van der Waals surface area contributed by atoms with Crippen molar-refractivity contribution in [3.05, 3.63) is 12.2 Å². The van der Waals surface area contributed by atoms with Crippen LogP contribution < -0.4 is 0 Å². The molecule has 0 aromatic heterocycles. The lowest BCUT2D eigenvalue weighted by atomic mass is 10.0. The molecule has 2 fully saturated rings. The van der Waals surface area contributed by atoms with E-state index in [-0.39, 0.29) is 17.5 Å². The van der Waals surface area contributed by atoms with E-state index in [1.165, 1.54) is 0 Å². The summed E-state index contributed by atoms with van der Waals surface area (Å²) in [5.41, 5.74) is -0.842. The summed E-state index contributed by atoms with van der Waals surface area (Å²) in [6.07, 6.45) is -2.31. The van der Waals surface area contributed by atoms with Crippen molar-refractivity contribution in [1.82, 2.24) is 0 Å². The van der Waals surface area contributed by atoms with E-state index in [1.54, 1.807) is 6.08 Å². The van der Waals surface area contributed by atoms with Gasteiger partial charge >= 0.3 is 0 Å². The first-order valence-corrected chi connectivity index (χ1v) is 7.45. The fraction of sp³-hybridized carbons (Fsp3) is 0.833. The zero-order valence-corrected chi connectivity index (χ0v) is 11.3. The van der Waals surface area contributed by atoms with Crippen molar-refractivity contribution < 1.29 is 35.0 Å². The number of rotatable bonds is 3. The summed E-state index contributed by atoms with van der Waals surface area (Å²) in [6.45, 7) is -0.459. The van der Waals surface area contributed by atoms with E-state index < -0.39 is 42.6 Å². The highest BCUT2D eigenvalue weighted by molar-refractivity contribution is 8.00. The topological polar surface area (TPSA) is 123 Å². The summed E-state index contributed by atoms with van der Waals surface area (Å²) < 4.78 is 10.6. The number of aliphatic hydroxyl groups is 5. The maximum absolute atomic E-state index is 10.0. The van der Waals surface area contributed by atoms with Gasteiger partial charge in [-0.3, -0.25) is 0 Å². The summed E-state index contributed by atoms with van der Waals surface area (Å²) in [7, 11) is 0. The third-order valence-electron chi connectivity index (χ3n) is 3.86. The van der Waals surface area contributed by atoms with Crippen LogP contribution in [0.25, 0.3) is 0 Å². The van der Waals surface area contributed by atoms with Crippen LogP contribution in [0.4, 0.5) is 0 Å². The van der Waals surface area contributed by atoms with Crippen molar-refractivity contribution in [3.63, 3.8) is 0 Å². The lowest BCUT2D eigenvalue weighted by molar-refractivity contribution is -0.205. The molecule has 0 spiro atoms. The van der Waals surface area contributed by atoms with E-state index in [0.29, 0.717) is 0 Å². The molecule has 0 radical (unpaired) electrons. The summed E-state index contributed by atoms with van der Waals surface area (Å²) in [5.74, 6) is 0. The van der Waals surface area contributed by atoms with E-state index in [1.807, 2.05) is 6.08 Å². The van der Waals surface area contributed by atoms with Crippen LogP contribution in [0, 0.1) is 0 Å². The normalized spacial score (nSPS) is 54.5. The molecule has 8 heteroatoms. The monoisotopic (exact) mass is 306 g/mol. The zero-order valence-electron chi connectivity index (χ0n) is 10.5. The Morgan fingerprint density at radius 3 is 2.35 bits per heavy atom. The van der Waals surface area contributed by atoms with Gasteiger partial charge in [0.15, 0.2) is 0 Å². The maximum Gasteiger partial charge on any atom is 0.133 e. The Balaban J connectivity index is 1.66. The molecule has 0 unspecified atom stereocenters. The standard InChI is InChI=1S/C12H18O7S/c13-3-5-7(14)9(16)10(17)12(19-5)20-6-2-1-4-11(18-4)8(6)15/h1-2,4-17H,3H2/t4-,5+,6+,7+,8-,9-,10+,11-,12+/m0/s1. The predicted octanol–water partition coefficient (Wildman–Crippen LogP) is -2.41. The molecular weight excluding hydrogens is 288 g/mol. The first-order valence-electron chi connectivity index (χ1n) is 6.50. The number of ether oxygens (including phenoxy) is 2. The SMILES string of the molecule is OC[C@H]1O[C@H](S[C@@H]2C=C[C@@H]3O[C@@H]3[C@H]2O)[C@H](O)[C@@H](O)[C@@H]1O. The minimum absolute atomic E-state index is 0.0309. The lowest BCUT2D eigenvalue weighted by Crippen LogP contribution is -2.58. The number of hydrogen-bond acceptors (Lipinski definition) is 8. The van der Waals surface area contributed by atoms with Crippen LogP contribution in [-0.2, 0) is 9.47 Å². The summed E-state index contributed by atoms with van der Waals surface area (Å²) in [6, 6.07) is 0. The van der Waals surface area contributed by atoms with Gasteiger partial charge in [0.05, 0.1) is 18.0 Å². The van der Waals surface area contributed by atoms with Crippen LogP contribution >= 0.6 is 11.8 Å². The number of hydrogen-bond donors (Lipinski definition) is 5. The van der Waals surface area contributed by atoms with Gasteiger partial charge in [-0.25, -0.2) is 0 Å². The van der Waals surface area contributed by atoms with Crippen molar-refractivity contribution in [2.24, 2.45) is 0 Å². The summed E-state index contributed by atoms with van der Waals surface area (Å²) in [4.78, 5) is 0. The third-order valence-corrected chi connectivity index (χ3v) is 5.27. The van der Waals surface area contributed by atoms with Gasteiger partial charge in [-0.2, -0.15) is 0 Å². The Morgan fingerprint density at radius 2 is 1.65 bits per heavy atom. The second-order valence-electron chi connectivity index (χ2n) is 5.24. The molecule has 7 nitrogen and oxygen atoms in total. The highest BCUT2D eigenvalue weighted by atomic mass is 32.2. The summed E-state index contributed by atoms with van der Waals surface area (Å²) in [5, 5.41) is 48.2. The quantitative estimate of drug-likeness (QED) is 0.288. The van der Waals surface area contributed by atoms with E-state index in [9.17, 15) is 20.4 Å². The Labute approximate surface area is 119 Å². The van der Waals surface area contributed by atoms with Crippen LogP contribution in [0.15, 0.2) is 12.2 Å². The Kier molecular flexibility index (Phi) is 4.08. The third kappa shape index (κ3) is 2.51. The Hall–Kier alpha value is -0.190. The molecule has 9 atom stereocenters. The zero-order chi connectivity index (χ0) is 14.4. The molecule has 2 aliphatic heterocycles. The van der Waals surface area contributed by atoms with Crippen molar-refractivity contribution >= 4 is 11.8 Å². The first-order chi connectivity index (χ1) is 9.52. The van der Waals surface area contributed by atoms with Crippen molar-refractivity contribution in [2.45, 2.75) is 53.4 Å². The number of thioether (sulfide) groups is 1. The smallest absolute Gasteiger partial charge is 0.133 e. The molecule has 5 N–H and O–H groups in total. The Morgan fingerprint density at radius 1 is 0.900 bits per heavy atom. The average molecular weight is 306 g/mol. The van der Waals surface area contributed by atoms with Gasteiger partial charge in [0.25, 0.3) is 0 Å². The van der Waals surface area contributed by atoms with E-state index >= 15 is 0 Å². The fourth-order valence-corrected chi connectivity index (χ4v) is 3.88. The maximum atomic E-state index is 10.0. The van der Waals surface area contributed by atoms with E-state index in [2.05, 4.69) is 0 Å². The number of fused-ring (bicyclic) bond motifs is 1. The molecule has 114 valence electrons. The number of epoxide rings is 1. The minimum atomic E-state index is -1.40. The molecule has 0 bridgehead atoms. The van der Waals surface area contributed by atoms with Crippen LogP contribution in [0.3, 0.4) is 0 Å². The van der Waals surface area contributed by atoms with Gasteiger partial charge in [0.2, 0.25) is 0 Å². The van der Waals surface area contributed by atoms with E-state index in [0.717, 1.165) is 11.8 Å². The Bertz CT molecular complexity index is 390. The highest BCUT2D eigenvalue weighted by Gasteiger charge is 2.51. The molecule has 20 heavy (non-hydrogen) atoms. The van der Waals surface area contributed by atoms with Crippen LogP contribution in [0.2, 0.25) is 0 Å². The average Bonchev–Trinajstić information content (AvgIpc) is 3.22. The van der Waals surface area contributed by atoms with Crippen molar-refractivity contribution in [2.75, 3.05) is 6.61 Å². The molecule has 2 heterocycles. The molecule has 0 saturated carbocycles. The molecule has 3 rings (SSSR count). The molecule has 1 aliphatic carbocycles. The van der Waals surface area contributed by atoms with E-state index in [4.69, 9.17) is 14.6 Å². The molecular formula is C12H18O7S. The molecule has 2 saturated heterocycles. The van der Waals surface area contributed by atoms with Crippen LogP contribution in [0.5, 0.6) is 0 Å². The van der Waals surface area contributed by atoms with Gasteiger partial charge < -0.3 is 35.0 Å². The van der Waals surface area contributed by atoms with Crippen molar-refractivity contribution in [1.29, 1.82) is 0 Å². The van der Waals surface area contributed by atoms with Crippen LogP contribution in [0.1, 0.15) is 0 Å². The first kappa shape index (κ1) is 14.7. The fourth-order valence-electron chi connectivity index (χ4n) is 2.55. The van der Waals surface area contributed by atoms with Gasteiger partial charge in [-0.15, -0.1) is 11.8 Å². The van der Waals surface area contributed by atoms with Crippen molar-refractivity contribution in [3.8, 4) is 0 Å². The second kappa shape index (κ2) is 5.54. The largest absolute Gasteiger partial charge is 0.394 e. The van der Waals surface area contributed by atoms with Gasteiger partial charge in [-0.05, 0) is 0 Å². The van der Waals surface area contributed by atoms with Gasteiger partial charge in [0.1, 0.15) is 42.1 Å². The number of aliphatic hydroxyl groups excluding tert-OH is 5. The molecule has 0 aromatic carbocycles. The minimum Gasteiger partial charge on any atom is -0.394 e. The van der Waals surface area contributed by atoms with Crippen LogP contribution in [-0.4, -0.2) is 85.6 Å². The van der Waals surface area contributed by atoms with Gasteiger partial charge in [-0.1, -0.05) is 12.2 Å². The lowest BCUT2D eigenvalue weighted by Gasteiger charge is -2.41. The second-order valence-corrected chi connectivity index (χ2v) is 6.52. The molecule has 0 aromatic rings. The molecule has 3 aliphatic rings.